The van der Waals surface area contributed by atoms with E-state index in [1.807, 2.05) is 23.6 Å². The van der Waals surface area contributed by atoms with Crippen LogP contribution in [0.3, 0.4) is 0 Å². The minimum absolute atomic E-state index is 0.0328. The number of carbonyl (C=O) groups excluding carboxylic acids is 3. The maximum absolute atomic E-state index is 13.4. The Labute approximate surface area is 281 Å². The van der Waals surface area contributed by atoms with Crippen LogP contribution in [0.5, 0.6) is 0 Å². The number of alkyl halides is 3. The molecule has 0 aromatic carbocycles. The summed E-state index contributed by atoms with van der Waals surface area (Å²) in [7, 11) is 0. The van der Waals surface area contributed by atoms with Gasteiger partial charge in [0.25, 0.3) is 5.91 Å². The van der Waals surface area contributed by atoms with Crippen LogP contribution >= 0.6 is 0 Å². The van der Waals surface area contributed by atoms with E-state index >= 15 is 0 Å². The maximum Gasteiger partial charge on any atom is 0.490 e. The van der Waals surface area contributed by atoms with Gasteiger partial charge in [0, 0.05) is 76.7 Å². The van der Waals surface area contributed by atoms with Gasteiger partial charge in [-0.1, -0.05) is 39.0 Å². The molecular formula is C35H53F3N4O6. The van der Waals surface area contributed by atoms with Gasteiger partial charge >= 0.3 is 18.2 Å². The highest BCUT2D eigenvalue weighted by Gasteiger charge is 2.50. The van der Waals surface area contributed by atoms with Crippen LogP contribution in [0.1, 0.15) is 123 Å². The van der Waals surface area contributed by atoms with Crippen molar-refractivity contribution >= 4 is 23.8 Å². The van der Waals surface area contributed by atoms with Crippen LogP contribution in [0.25, 0.3) is 0 Å². The minimum atomic E-state index is -5.08. The van der Waals surface area contributed by atoms with Gasteiger partial charge in [-0.05, 0) is 57.4 Å². The van der Waals surface area contributed by atoms with Crippen molar-refractivity contribution in [3.8, 4) is 0 Å². The van der Waals surface area contributed by atoms with E-state index in [9.17, 15) is 27.6 Å². The first-order valence-corrected chi connectivity index (χ1v) is 17.7. The van der Waals surface area contributed by atoms with Crippen molar-refractivity contribution in [2.45, 2.75) is 123 Å². The number of hydrogen-bond donors (Lipinski definition) is 2. The second-order valence-corrected chi connectivity index (χ2v) is 14.2. The quantitative estimate of drug-likeness (QED) is 0.291. The number of likely N-dealkylation sites (tertiary alicyclic amines) is 2. The van der Waals surface area contributed by atoms with Gasteiger partial charge in [-0.15, -0.1) is 0 Å². The number of hydrogen-bond acceptors (Lipinski definition) is 6. The molecule has 4 aliphatic rings. The number of aromatic nitrogens is 1. The minimum Gasteiger partial charge on any atom is -0.475 e. The molecule has 270 valence electrons. The van der Waals surface area contributed by atoms with Crippen molar-refractivity contribution in [3.05, 3.63) is 22.5 Å². The van der Waals surface area contributed by atoms with Crippen molar-refractivity contribution in [2.75, 3.05) is 39.3 Å². The summed E-state index contributed by atoms with van der Waals surface area (Å²) in [4.78, 5) is 57.2. The fourth-order valence-electron chi connectivity index (χ4n) is 8.26. The summed E-state index contributed by atoms with van der Waals surface area (Å²) in [5, 5.41) is 7.12. The average Bonchev–Trinajstić information content (AvgIpc) is 3.35. The van der Waals surface area contributed by atoms with Gasteiger partial charge in [0.1, 0.15) is 5.60 Å². The van der Waals surface area contributed by atoms with Gasteiger partial charge in [0.05, 0.1) is 11.3 Å². The molecule has 1 atom stereocenters. The van der Waals surface area contributed by atoms with Crippen molar-refractivity contribution in [1.29, 1.82) is 0 Å². The molecule has 1 aromatic rings. The lowest BCUT2D eigenvalue weighted by Crippen LogP contribution is -2.61. The summed E-state index contributed by atoms with van der Waals surface area (Å²) >= 11 is 0. The third-order valence-electron chi connectivity index (χ3n) is 11.0. The maximum atomic E-state index is 13.4. The number of carbonyl (C=O) groups is 4. The Hall–Kier alpha value is -3.09. The zero-order valence-corrected chi connectivity index (χ0v) is 28.9. The van der Waals surface area contributed by atoms with E-state index in [0.29, 0.717) is 29.1 Å². The number of ketones is 1. The second kappa shape index (κ2) is 16.1. The summed E-state index contributed by atoms with van der Waals surface area (Å²) in [6.45, 7) is 12.6. The standard InChI is InChI=1S/C33H52N4O4.C2HF3O2/c1-5-6-12-27-22-37(21-26-10-8-7-9-11-26)32(40)41-33(27)15-19-35(20-16-33)28-13-17-36(18-14-28)31(39)29-23(2)30(25(4)38)34-24(29)3;3-2(4,5)1(6)7/h26-28,34H,5-22H2,1-4H3;(H,6,7). The zero-order chi connectivity index (χ0) is 35.2. The summed E-state index contributed by atoms with van der Waals surface area (Å²) in [6.07, 6.45) is 8.50. The number of carboxylic acids is 1. The Morgan fingerprint density at radius 3 is 2.12 bits per heavy atom. The van der Waals surface area contributed by atoms with E-state index in [-0.39, 0.29) is 23.4 Å². The highest BCUT2D eigenvalue weighted by molar-refractivity contribution is 6.02. The van der Waals surface area contributed by atoms with E-state index in [2.05, 4.69) is 16.8 Å². The van der Waals surface area contributed by atoms with Crippen molar-refractivity contribution in [2.24, 2.45) is 11.8 Å². The molecule has 1 spiro atoms. The van der Waals surface area contributed by atoms with Crippen LogP contribution in [0.2, 0.25) is 0 Å². The molecule has 0 radical (unpaired) electrons. The number of amides is 2. The van der Waals surface area contributed by atoms with Crippen LogP contribution in [0.15, 0.2) is 0 Å². The molecule has 10 nitrogen and oxygen atoms in total. The molecule has 3 aliphatic heterocycles. The number of piperidine rings is 2. The van der Waals surface area contributed by atoms with E-state index in [4.69, 9.17) is 14.6 Å². The number of nitrogens with one attached hydrogen (secondary N) is 1. The summed E-state index contributed by atoms with van der Waals surface area (Å²) in [5.74, 6) is -1.71. The fourth-order valence-corrected chi connectivity index (χ4v) is 8.26. The van der Waals surface area contributed by atoms with Crippen LogP contribution in [-0.2, 0) is 9.53 Å². The summed E-state index contributed by atoms with van der Waals surface area (Å²) in [5.41, 5.74) is 2.42. The summed E-state index contributed by atoms with van der Waals surface area (Å²) < 4.78 is 38.2. The molecule has 48 heavy (non-hydrogen) atoms. The molecule has 13 heteroatoms. The van der Waals surface area contributed by atoms with Gasteiger partial charge in [-0.25, -0.2) is 9.59 Å². The predicted molar refractivity (Wildman–Crippen MR) is 174 cm³/mol. The number of ether oxygens (including phenoxy) is 1. The first-order chi connectivity index (χ1) is 22.7. The number of halogens is 3. The average molecular weight is 683 g/mol. The summed E-state index contributed by atoms with van der Waals surface area (Å²) in [6, 6.07) is 0.453. The van der Waals surface area contributed by atoms with Crippen LogP contribution in [0.4, 0.5) is 18.0 Å². The number of rotatable bonds is 8. The highest BCUT2D eigenvalue weighted by Crippen LogP contribution is 2.42. The van der Waals surface area contributed by atoms with E-state index in [1.165, 1.54) is 51.9 Å². The van der Waals surface area contributed by atoms with E-state index in [0.717, 1.165) is 82.6 Å². The van der Waals surface area contributed by atoms with Gasteiger partial charge in [-0.2, -0.15) is 13.2 Å². The van der Waals surface area contributed by atoms with E-state index in [1.54, 1.807) is 0 Å². The Kier molecular flexibility index (Phi) is 12.6. The van der Waals surface area contributed by atoms with Crippen molar-refractivity contribution in [3.63, 3.8) is 0 Å². The molecule has 1 unspecified atom stereocenters. The number of aliphatic carboxylic acids is 1. The number of aryl methyl sites for hydroxylation is 1. The fraction of sp³-hybridized carbons (Fsp3) is 0.771. The topological polar surface area (TPSA) is 123 Å². The van der Waals surface area contributed by atoms with Crippen LogP contribution in [0, 0.1) is 25.7 Å². The SMILES string of the molecule is CCCCC1CN(CC2CCCCC2)C(=O)OC12CCN(C1CCN(C(=O)c3c(C)[nH]c(C(C)=O)c3C)CC1)CC2.O=C(O)C(F)(F)F. The molecule has 1 aromatic heterocycles. The van der Waals surface area contributed by atoms with Crippen molar-refractivity contribution in [1.82, 2.24) is 19.7 Å². The molecule has 3 saturated heterocycles. The molecule has 4 fully saturated rings. The Morgan fingerprint density at radius 2 is 1.60 bits per heavy atom. The van der Waals surface area contributed by atoms with E-state index < -0.39 is 12.1 Å². The molecule has 2 amide bonds. The molecule has 2 N–H and O–H groups in total. The monoisotopic (exact) mass is 682 g/mol. The smallest absolute Gasteiger partial charge is 0.475 e. The second-order valence-electron chi connectivity index (χ2n) is 14.2. The highest BCUT2D eigenvalue weighted by atomic mass is 19.4. The number of carboxylic acid groups (broad SMARTS) is 1. The van der Waals surface area contributed by atoms with Crippen LogP contribution < -0.4 is 0 Å². The molecule has 4 heterocycles. The third-order valence-corrected chi connectivity index (χ3v) is 11.0. The number of H-pyrrole nitrogens is 1. The Morgan fingerprint density at radius 1 is 1.00 bits per heavy atom. The van der Waals surface area contributed by atoms with Crippen molar-refractivity contribution < 1.29 is 42.2 Å². The molecule has 0 bridgehead atoms. The van der Waals surface area contributed by atoms with Gasteiger partial charge in [-0.3, -0.25) is 14.5 Å². The first-order valence-electron chi connectivity index (χ1n) is 17.7. The lowest BCUT2D eigenvalue weighted by Gasteiger charge is -2.52. The number of unbranched alkanes of at least 4 members (excludes halogenated alkanes) is 1. The molecule has 1 aliphatic carbocycles. The zero-order valence-electron chi connectivity index (χ0n) is 28.9. The normalized spacial score (nSPS) is 22.6. The number of aromatic amines is 1. The molecule has 5 rings (SSSR count). The largest absolute Gasteiger partial charge is 0.490 e. The Balaban J connectivity index is 0.000000671. The molecular weight excluding hydrogens is 629 g/mol. The lowest BCUT2D eigenvalue weighted by molar-refractivity contribution is -0.192. The number of nitrogens with zero attached hydrogens (tertiary/aromatic N) is 3. The van der Waals surface area contributed by atoms with Gasteiger partial charge in [0.15, 0.2) is 5.78 Å². The Bertz CT molecular complexity index is 1290. The predicted octanol–water partition coefficient (Wildman–Crippen LogP) is 6.75. The third kappa shape index (κ3) is 8.92. The van der Waals surface area contributed by atoms with Gasteiger partial charge < -0.3 is 24.6 Å². The van der Waals surface area contributed by atoms with Crippen LogP contribution in [-0.4, -0.2) is 106 Å². The number of Topliss-reactive ketones (excluding diaryl/α,β-unsaturated/α-hetero) is 1. The van der Waals surface area contributed by atoms with Gasteiger partial charge in [0.2, 0.25) is 0 Å². The first kappa shape index (κ1) is 37.7. The molecule has 1 saturated carbocycles. The lowest BCUT2D eigenvalue weighted by atomic mass is 9.75.